The van der Waals surface area contributed by atoms with Crippen molar-refractivity contribution in [2.24, 2.45) is 11.7 Å². The van der Waals surface area contributed by atoms with Crippen molar-refractivity contribution < 1.29 is 9.18 Å². The minimum atomic E-state index is -0.523. The highest BCUT2D eigenvalue weighted by atomic mass is 32.2. The molecule has 0 aliphatic carbocycles. The first-order valence-corrected chi connectivity index (χ1v) is 8.20. The number of rotatable bonds is 3. The van der Waals surface area contributed by atoms with Crippen LogP contribution in [0.5, 0.6) is 0 Å². The van der Waals surface area contributed by atoms with E-state index in [1.54, 1.807) is 6.07 Å². The molecule has 21 heavy (non-hydrogen) atoms. The number of benzene rings is 1. The normalized spacial score (nSPS) is 15.1. The first-order chi connectivity index (χ1) is 10.2. The molecule has 0 atom stereocenters. The van der Waals surface area contributed by atoms with Crippen LogP contribution < -0.4 is 11.1 Å². The summed E-state index contributed by atoms with van der Waals surface area (Å²) in [6.45, 7) is 0.843. The molecule has 3 nitrogen and oxygen atoms in total. The molecule has 0 bridgehead atoms. The molecule has 1 amide bonds. The van der Waals surface area contributed by atoms with Crippen LogP contribution in [0.1, 0.15) is 28.8 Å². The number of amides is 1. The summed E-state index contributed by atoms with van der Waals surface area (Å²) in [5, 5.41) is 2.83. The van der Waals surface area contributed by atoms with Crippen molar-refractivity contribution in [1.82, 2.24) is 5.32 Å². The third-order valence-corrected chi connectivity index (χ3v) is 4.49. The summed E-state index contributed by atoms with van der Waals surface area (Å²) in [6, 6.07) is 4.30. The van der Waals surface area contributed by atoms with E-state index < -0.39 is 5.82 Å². The summed E-state index contributed by atoms with van der Waals surface area (Å²) in [5.41, 5.74) is 5.95. The summed E-state index contributed by atoms with van der Waals surface area (Å²) in [4.78, 5) is 12.1. The van der Waals surface area contributed by atoms with Crippen molar-refractivity contribution in [3.05, 3.63) is 35.1 Å². The molecule has 1 saturated heterocycles. The number of halogens is 1. The van der Waals surface area contributed by atoms with E-state index in [0.29, 0.717) is 18.0 Å². The van der Waals surface area contributed by atoms with Crippen molar-refractivity contribution in [1.29, 1.82) is 0 Å². The van der Waals surface area contributed by atoms with E-state index in [1.807, 2.05) is 11.8 Å². The minimum Gasteiger partial charge on any atom is -0.352 e. The number of thioether (sulfide) groups is 1. The van der Waals surface area contributed by atoms with Crippen molar-refractivity contribution in [3.63, 3.8) is 0 Å². The van der Waals surface area contributed by atoms with Gasteiger partial charge in [-0.2, -0.15) is 11.8 Å². The highest BCUT2D eigenvalue weighted by Crippen LogP contribution is 2.22. The Hall–Kier alpha value is -1.51. The number of hydrogen-bond donors (Lipinski definition) is 2. The highest BCUT2D eigenvalue weighted by molar-refractivity contribution is 7.99. The predicted molar refractivity (Wildman–Crippen MR) is 84.7 cm³/mol. The van der Waals surface area contributed by atoms with E-state index in [-0.39, 0.29) is 18.0 Å². The molecule has 1 heterocycles. The quantitative estimate of drug-likeness (QED) is 0.840. The lowest BCUT2D eigenvalue weighted by Crippen LogP contribution is -2.31. The second-order valence-corrected chi connectivity index (χ2v) is 6.19. The van der Waals surface area contributed by atoms with Gasteiger partial charge in [-0.1, -0.05) is 11.8 Å². The smallest absolute Gasteiger partial charge is 0.254 e. The molecule has 0 spiro atoms. The predicted octanol–water partition coefficient (Wildman–Crippen LogP) is 2.01. The van der Waals surface area contributed by atoms with Crippen molar-refractivity contribution in [3.8, 4) is 11.8 Å². The van der Waals surface area contributed by atoms with Crippen LogP contribution in [0.4, 0.5) is 4.39 Å². The summed E-state index contributed by atoms with van der Waals surface area (Å²) < 4.78 is 13.8. The molecule has 2 rings (SSSR count). The molecular formula is C16H19FN2OS. The van der Waals surface area contributed by atoms with Crippen LogP contribution in [-0.2, 0) is 0 Å². The zero-order valence-electron chi connectivity index (χ0n) is 11.8. The van der Waals surface area contributed by atoms with Crippen LogP contribution in [0.15, 0.2) is 18.2 Å². The van der Waals surface area contributed by atoms with E-state index in [4.69, 9.17) is 5.73 Å². The second-order valence-electron chi connectivity index (χ2n) is 4.97. The number of nitrogens with one attached hydrogen (secondary N) is 1. The van der Waals surface area contributed by atoms with Gasteiger partial charge in [-0.3, -0.25) is 4.79 Å². The molecule has 0 saturated carbocycles. The summed E-state index contributed by atoms with van der Waals surface area (Å²) >= 11 is 1.94. The monoisotopic (exact) mass is 306 g/mol. The van der Waals surface area contributed by atoms with Gasteiger partial charge in [0.1, 0.15) is 5.82 Å². The number of hydrogen-bond acceptors (Lipinski definition) is 3. The van der Waals surface area contributed by atoms with Crippen LogP contribution in [-0.4, -0.2) is 30.5 Å². The lowest BCUT2D eigenvalue weighted by molar-refractivity contribution is 0.0942. The summed E-state index contributed by atoms with van der Waals surface area (Å²) in [5.74, 6) is 7.38. The van der Waals surface area contributed by atoms with Gasteiger partial charge in [0.2, 0.25) is 0 Å². The van der Waals surface area contributed by atoms with E-state index >= 15 is 0 Å². The Kier molecular flexibility index (Phi) is 6.09. The third-order valence-electron chi connectivity index (χ3n) is 3.44. The fourth-order valence-electron chi connectivity index (χ4n) is 2.21. The molecule has 3 N–H and O–H groups in total. The van der Waals surface area contributed by atoms with Crippen LogP contribution >= 0.6 is 11.8 Å². The van der Waals surface area contributed by atoms with Crippen LogP contribution in [0.2, 0.25) is 0 Å². The SMILES string of the molecule is NCC#Cc1ccc(F)c(C(=O)NCC2CCSCC2)c1. The Morgan fingerprint density at radius 2 is 2.19 bits per heavy atom. The Morgan fingerprint density at radius 3 is 2.90 bits per heavy atom. The zero-order valence-corrected chi connectivity index (χ0v) is 12.6. The maximum atomic E-state index is 13.8. The first-order valence-electron chi connectivity index (χ1n) is 7.05. The number of carbonyl (C=O) groups excluding carboxylic acids is 1. The Balaban J connectivity index is 2.00. The molecule has 1 aromatic carbocycles. The lowest BCUT2D eigenvalue weighted by atomic mass is 10.0. The van der Waals surface area contributed by atoms with Gasteiger partial charge >= 0.3 is 0 Å². The molecule has 5 heteroatoms. The molecule has 0 aromatic heterocycles. The van der Waals surface area contributed by atoms with Crippen molar-refractivity contribution in [2.45, 2.75) is 12.8 Å². The van der Waals surface area contributed by atoms with Gasteiger partial charge in [-0.15, -0.1) is 0 Å². The molecule has 1 aromatic rings. The fraction of sp³-hybridized carbons (Fsp3) is 0.438. The van der Waals surface area contributed by atoms with Crippen molar-refractivity contribution >= 4 is 17.7 Å². The molecule has 112 valence electrons. The molecule has 0 radical (unpaired) electrons. The van der Waals surface area contributed by atoms with Gasteiger partial charge < -0.3 is 11.1 Å². The van der Waals surface area contributed by atoms with Crippen LogP contribution in [0.3, 0.4) is 0 Å². The van der Waals surface area contributed by atoms with E-state index in [9.17, 15) is 9.18 Å². The Morgan fingerprint density at radius 1 is 1.43 bits per heavy atom. The highest BCUT2D eigenvalue weighted by Gasteiger charge is 2.17. The zero-order chi connectivity index (χ0) is 15.1. The Labute approximate surface area is 128 Å². The van der Waals surface area contributed by atoms with Gasteiger partial charge in [0.25, 0.3) is 5.91 Å². The van der Waals surface area contributed by atoms with E-state index in [0.717, 1.165) is 24.3 Å². The van der Waals surface area contributed by atoms with Crippen LogP contribution in [0, 0.1) is 23.6 Å². The van der Waals surface area contributed by atoms with Gasteiger partial charge in [0.15, 0.2) is 0 Å². The maximum Gasteiger partial charge on any atom is 0.254 e. The molecule has 1 aliphatic heterocycles. The van der Waals surface area contributed by atoms with Gasteiger partial charge in [-0.05, 0) is 48.5 Å². The second kappa shape index (κ2) is 8.06. The van der Waals surface area contributed by atoms with Crippen LogP contribution in [0.25, 0.3) is 0 Å². The molecule has 0 unspecified atom stereocenters. The van der Waals surface area contributed by atoms with Gasteiger partial charge in [0, 0.05) is 12.1 Å². The molecule has 1 fully saturated rings. The standard InChI is InChI=1S/C16H19FN2OS/c17-15-4-3-12(2-1-7-18)10-14(15)16(20)19-11-13-5-8-21-9-6-13/h3-4,10,13H,5-9,11,18H2,(H,19,20). The average Bonchev–Trinajstić information content (AvgIpc) is 2.53. The Bertz CT molecular complexity index is 559. The number of nitrogens with two attached hydrogens (primary N) is 1. The first kappa shape index (κ1) is 15.9. The van der Waals surface area contributed by atoms with E-state index in [2.05, 4.69) is 17.2 Å². The topological polar surface area (TPSA) is 55.1 Å². The maximum absolute atomic E-state index is 13.8. The summed E-state index contributed by atoms with van der Waals surface area (Å²) in [6.07, 6.45) is 2.21. The van der Waals surface area contributed by atoms with Gasteiger partial charge in [0.05, 0.1) is 12.1 Å². The van der Waals surface area contributed by atoms with Crippen molar-refractivity contribution in [2.75, 3.05) is 24.6 Å². The lowest BCUT2D eigenvalue weighted by Gasteiger charge is -2.21. The summed E-state index contributed by atoms with van der Waals surface area (Å²) in [7, 11) is 0. The minimum absolute atomic E-state index is 0.0454. The van der Waals surface area contributed by atoms with Gasteiger partial charge in [-0.25, -0.2) is 4.39 Å². The molecule has 1 aliphatic rings. The molecular weight excluding hydrogens is 287 g/mol. The average molecular weight is 306 g/mol. The fourth-order valence-corrected chi connectivity index (χ4v) is 3.42. The third kappa shape index (κ3) is 4.76. The van der Waals surface area contributed by atoms with E-state index in [1.165, 1.54) is 12.1 Å². The number of carbonyl (C=O) groups is 1. The largest absolute Gasteiger partial charge is 0.352 e.